The van der Waals surface area contributed by atoms with Crippen molar-refractivity contribution in [3.8, 4) is 5.69 Å². The number of benzene rings is 1. The van der Waals surface area contributed by atoms with Crippen molar-refractivity contribution in [3.05, 3.63) is 58.9 Å². The van der Waals surface area contributed by atoms with Gasteiger partial charge in [-0.1, -0.05) is 11.3 Å². The molecule has 12 nitrogen and oxygen atoms in total. The molecule has 1 aromatic carbocycles. The zero-order valence-electron chi connectivity index (χ0n) is 19.7. The van der Waals surface area contributed by atoms with Crippen LogP contribution in [0.25, 0.3) is 5.69 Å². The Bertz CT molecular complexity index is 1420. The number of fused-ring (bicyclic) bond motifs is 2. The highest BCUT2D eigenvalue weighted by atomic mass is 16.2. The van der Waals surface area contributed by atoms with Crippen LogP contribution in [0.1, 0.15) is 57.6 Å². The Balaban J connectivity index is 1.19. The van der Waals surface area contributed by atoms with Crippen LogP contribution in [0.5, 0.6) is 0 Å². The van der Waals surface area contributed by atoms with Crippen molar-refractivity contribution in [3.63, 3.8) is 0 Å². The molecule has 4 amide bonds. The number of hydrogen-bond donors (Lipinski definition) is 1. The van der Waals surface area contributed by atoms with Crippen molar-refractivity contribution in [1.29, 1.82) is 0 Å². The van der Waals surface area contributed by atoms with Gasteiger partial charge in [-0.25, -0.2) is 9.67 Å². The molecule has 1 saturated heterocycles. The maximum Gasteiger partial charge on any atom is 0.276 e. The van der Waals surface area contributed by atoms with Crippen LogP contribution in [0, 0.1) is 0 Å². The lowest BCUT2D eigenvalue weighted by Gasteiger charge is -2.29. The number of carbonyl (C=O) groups is 4. The van der Waals surface area contributed by atoms with E-state index >= 15 is 0 Å². The van der Waals surface area contributed by atoms with Gasteiger partial charge in [-0.15, -0.1) is 5.10 Å². The van der Waals surface area contributed by atoms with Crippen LogP contribution >= 0.6 is 0 Å². The summed E-state index contributed by atoms with van der Waals surface area (Å²) < 4.78 is 3.57. The van der Waals surface area contributed by atoms with E-state index in [1.54, 1.807) is 23.2 Å². The van der Waals surface area contributed by atoms with Gasteiger partial charge in [0, 0.05) is 43.7 Å². The van der Waals surface area contributed by atoms with Gasteiger partial charge in [0.05, 0.1) is 30.5 Å². The van der Waals surface area contributed by atoms with E-state index in [-0.39, 0.29) is 29.8 Å². The molecule has 5 heterocycles. The molecule has 0 bridgehead atoms. The van der Waals surface area contributed by atoms with E-state index < -0.39 is 11.9 Å². The number of rotatable bonds is 4. The quantitative estimate of drug-likeness (QED) is 0.527. The van der Waals surface area contributed by atoms with Gasteiger partial charge in [0.1, 0.15) is 6.04 Å². The number of amides is 4. The first-order valence-corrected chi connectivity index (χ1v) is 12.0. The number of imide groups is 1. The van der Waals surface area contributed by atoms with Crippen LogP contribution in [0.2, 0.25) is 0 Å². The van der Waals surface area contributed by atoms with Crippen LogP contribution in [0.15, 0.2) is 30.7 Å². The Morgan fingerprint density at radius 1 is 1.17 bits per heavy atom. The van der Waals surface area contributed by atoms with Gasteiger partial charge in [0.2, 0.25) is 11.8 Å². The molecule has 12 heteroatoms. The van der Waals surface area contributed by atoms with Crippen molar-refractivity contribution in [2.24, 2.45) is 0 Å². The monoisotopic (exact) mass is 488 g/mol. The van der Waals surface area contributed by atoms with Crippen LogP contribution in [0.4, 0.5) is 0 Å². The lowest BCUT2D eigenvalue weighted by atomic mass is 10.0. The van der Waals surface area contributed by atoms with Gasteiger partial charge in [-0.3, -0.25) is 24.5 Å². The topological polar surface area (TPSA) is 135 Å². The minimum Gasteiger partial charge on any atom is -0.334 e. The minimum absolute atomic E-state index is 0.205. The summed E-state index contributed by atoms with van der Waals surface area (Å²) in [4.78, 5) is 57.6. The average Bonchev–Trinajstić information content (AvgIpc) is 3.60. The van der Waals surface area contributed by atoms with Crippen molar-refractivity contribution < 1.29 is 19.2 Å². The van der Waals surface area contributed by atoms with E-state index in [0.717, 1.165) is 24.2 Å². The first-order valence-electron chi connectivity index (χ1n) is 12.0. The number of carbonyl (C=O) groups excluding carboxylic acids is 4. The summed E-state index contributed by atoms with van der Waals surface area (Å²) in [6.07, 6.45) is 4.62. The van der Waals surface area contributed by atoms with Crippen LogP contribution < -0.4 is 5.32 Å². The third kappa shape index (κ3) is 3.56. The van der Waals surface area contributed by atoms with Gasteiger partial charge < -0.3 is 14.4 Å². The van der Waals surface area contributed by atoms with E-state index in [4.69, 9.17) is 0 Å². The molecule has 1 N–H and O–H groups in total. The SMILES string of the molecule is CCn1cnc2c1CCN(C(=O)c1cn(-c3ccc4c(c3)C(=O)N(C3CCC(=O)NC3=O)C4)nn1)C2. The Morgan fingerprint density at radius 3 is 2.83 bits per heavy atom. The summed E-state index contributed by atoms with van der Waals surface area (Å²) in [5.74, 6) is -1.26. The second-order valence-electron chi connectivity index (χ2n) is 9.19. The third-order valence-electron chi connectivity index (χ3n) is 7.11. The highest BCUT2D eigenvalue weighted by Gasteiger charge is 2.39. The largest absolute Gasteiger partial charge is 0.334 e. The molecule has 1 atom stereocenters. The maximum absolute atomic E-state index is 13.1. The fraction of sp³-hybridized carbons (Fsp3) is 0.375. The first-order chi connectivity index (χ1) is 17.4. The maximum atomic E-state index is 13.1. The fourth-order valence-corrected chi connectivity index (χ4v) is 5.15. The molecule has 184 valence electrons. The second-order valence-corrected chi connectivity index (χ2v) is 9.19. The summed E-state index contributed by atoms with van der Waals surface area (Å²) in [5, 5.41) is 10.5. The molecule has 36 heavy (non-hydrogen) atoms. The van der Waals surface area contributed by atoms with Gasteiger partial charge in [0.15, 0.2) is 5.69 Å². The Kier molecular flexibility index (Phi) is 5.16. The summed E-state index contributed by atoms with van der Waals surface area (Å²) in [7, 11) is 0. The average molecular weight is 489 g/mol. The molecule has 0 saturated carbocycles. The fourth-order valence-electron chi connectivity index (χ4n) is 5.15. The number of aromatic nitrogens is 5. The highest BCUT2D eigenvalue weighted by molar-refractivity contribution is 6.05. The first kappa shape index (κ1) is 22.1. The van der Waals surface area contributed by atoms with E-state index in [1.807, 2.05) is 12.4 Å². The standard InChI is InChI=1S/C24H24N8O4/c1-2-29-13-25-17-11-30(8-7-19(17)29)24(36)18-12-32(28-27-18)15-4-3-14-10-31(23(35)16(14)9-15)20-5-6-21(33)26-22(20)34/h3-4,9,12-13,20H,2,5-8,10-11H2,1H3,(H,26,33,34). The molecule has 0 spiro atoms. The Labute approximate surface area is 205 Å². The highest BCUT2D eigenvalue weighted by Crippen LogP contribution is 2.29. The molecule has 0 aliphatic carbocycles. The van der Waals surface area contributed by atoms with E-state index in [2.05, 4.69) is 32.1 Å². The van der Waals surface area contributed by atoms with Gasteiger partial charge in [0.25, 0.3) is 11.8 Å². The molecule has 1 fully saturated rings. The second kappa shape index (κ2) is 8.40. The van der Waals surface area contributed by atoms with Crippen LogP contribution in [-0.2, 0) is 35.6 Å². The van der Waals surface area contributed by atoms with Crippen molar-refractivity contribution in [2.45, 2.75) is 51.9 Å². The summed E-state index contributed by atoms with van der Waals surface area (Å²) >= 11 is 0. The molecule has 3 aliphatic rings. The lowest BCUT2D eigenvalue weighted by Crippen LogP contribution is -2.52. The normalized spacial score (nSPS) is 19.4. The van der Waals surface area contributed by atoms with Gasteiger partial charge in [-0.2, -0.15) is 0 Å². The third-order valence-corrected chi connectivity index (χ3v) is 7.11. The molecule has 3 aromatic rings. The lowest BCUT2D eigenvalue weighted by molar-refractivity contribution is -0.136. The predicted octanol–water partition coefficient (Wildman–Crippen LogP) is 0.443. The van der Waals surface area contributed by atoms with Crippen LogP contribution in [-0.4, -0.2) is 70.6 Å². The molecule has 0 radical (unpaired) electrons. The van der Waals surface area contributed by atoms with E-state index in [9.17, 15) is 19.2 Å². The summed E-state index contributed by atoms with van der Waals surface area (Å²) in [6, 6.07) is 4.63. The molecular formula is C24H24N8O4. The smallest absolute Gasteiger partial charge is 0.276 e. The van der Waals surface area contributed by atoms with E-state index in [0.29, 0.717) is 37.3 Å². The number of imidazole rings is 1. The minimum atomic E-state index is -0.671. The van der Waals surface area contributed by atoms with E-state index in [1.165, 1.54) is 15.3 Å². The predicted molar refractivity (Wildman–Crippen MR) is 124 cm³/mol. The van der Waals surface area contributed by atoms with Gasteiger partial charge >= 0.3 is 0 Å². The van der Waals surface area contributed by atoms with Crippen molar-refractivity contribution in [2.75, 3.05) is 6.54 Å². The van der Waals surface area contributed by atoms with Crippen LogP contribution in [0.3, 0.4) is 0 Å². The number of nitrogens with one attached hydrogen (secondary N) is 1. The zero-order valence-corrected chi connectivity index (χ0v) is 19.7. The van der Waals surface area contributed by atoms with Gasteiger partial charge in [-0.05, 0) is 31.0 Å². The number of aryl methyl sites for hydroxylation is 1. The summed E-state index contributed by atoms with van der Waals surface area (Å²) in [5.41, 5.74) is 4.13. The van der Waals surface area contributed by atoms with Crippen molar-refractivity contribution >= 4 is 23.6 Å². The summed E-state index contributed by atoms with van der Waals surface area (Å²) in [6.45, 7) is 4.22. The Morgan fingerprint density at radius 2 is 2.03 bits per heavy atom. The number of piperidine rings is 1. The number of nitrogens with zero attached hydrogens (tertiary/aromatic N) is 7. The molecule has 2 aromatic heterocycles. The zero-order chi connectivity index (χ0) is 25.0. The molecular weight excluding hydrogens is 464 g/mol. The molecule has 1 unspecified atom stereocenters. The molecule has 3 aliphatic heterocycles. The Hall–Kier alpha value is -4.35. The molecule has 6 rings (SSSR count). The number of hydrogen-bond acceptors (Lipinski definition) is 7. The van der Waals surface area contributed by atoms with Crippen molar-refractivity contribution in [1.82, 2.24) is 39.7 Å².